The van der Waals surface area contributed by atoms with Gasteiger partial charge in [-0.2, -0.15) is 0 Å². The number of hydrogen-bond donors (Lipinski definition) is 1. The molecule has 1 aliphatic heterocycles. The minimum absolute atomic E-state index is 0.360. The first-order valence-corrected chi connectivity index (χ1v) is 6.81. The van der Waals surface area contributed by atoms with E-state index < -0.39 is 0 Å². The third-order valence-corrected chi connectivity index (χ3v) is 4.30. The highest BCUT2D eigenvalue weighted by atomic mass is 15.2. The van der Waals surface area contributed by atoms with Gasteiger partial charge in [0.15, 0.2) is 0 Å². The van der Waals surface area contributed by atoms with Crippen molar-refractivity contribution in [3.63, 3.8) is 0 Å². The van der Waals surface area contributed by atoms with E-state index in [2.05, 4.69) is 20.6 Å². The van der Waals surface area contributed by atoms with Crippen LogP contribution in [0.2, 0.25) is 0 Å². The van der Waals surface area contributed by atoms with Crippen LogP contribution in [0.25, 0.3) is 0 Å². The third-order valence-electron chi connectivity index (χ3n) is 4.30. The molecule has 4 heteroatoms. The first kappa shape index (κ1) is 11.2. The second-order valence-electron chi connectivity index (χ2n) is 5.48. The molecule has 94 valence electrons. The van der Waals surface area contributed by atoms with Gasteiger partial charge >= 0.3 is 0 Å². The highest BCUT2D eigenvalue weighted by Crippen LogP contribution is 2.27. The Hall–Kier alpha value is -0.870. The van der Waals surface area contributed by atoms with Crippen LogP contribution < -0.4 is 5.73 Å². The fourth-order valence-electron chi connectivity index (χ4n) is 3.21. The Morgan fingerprint density at radius 3 is 3.00 bits per heavy atom. The lowest BCUT2D eigenvalue weighted by Crippen LogP contribution is -2.44. The average Bonchev–Trinajstić information content (AvgIpc) is 2.99. The summed E-state index contributed by atoms with van der Waals surface area (Å²) in [4.78, 5) is 6.86. The summed E-state index contributed by atoms with van der Waals surface area (Å²) in [5, 5.41) is 0. The highest BCUT2D eigenvalue weighted by Gasteiger charge is 2.25. The Bertz CT molecular complexity index is 367. The SMILES string of the molecule is NC(CN1CCn2ccnc2C1)C1CCCC1. The Morgan fingerprint density at radius 1 is 1.35 bits per heavy atom. The van der Waals surface area contributed by atoms with Gasteiger partial charge in [-0.05, 0) is 18.8 Å². The molecule has 1 atom stereocenters. The molecule has 1 fully saturated rings. The molecule has 1 saturated carbocycles. The second kappa shape index (κ2) is 4.78. The standard InChI is InChI=1S/C13H22N4/c14-12(11-3-1-2-4-11)9-16-7-8-17-6-5-15-13(17)10-16/h5-6,11-12H,1-4,7-10,14H2. The lowest BCUT2D eigenvalue weighted by molar-refractivity contribution is 0.187. The molecule has 0 radical (unpaired) electrons. The molecule has 0 spiro atoms. The van der Waals surface area contributed by atoms with Gasteiger partial charge in [-0.15, -0.1) is 0 Å². The van der Waals surface area contributed by atoms with Crippen LogP contribution in [0.4, 0.5) is 0 Å². The fourth-order valence-corrected chi connectivity index (χ4v) is 3.21. The lowest BCUT2D eigenvalue weighted by Gasteiger charge is -2.31. The van der Waals surface area contributed by atoms with Crippen LogP contribution in [-0.4, -0.2) is 33.6 Å². The summed E-state index contributed by atoms with van der Waals surface area (Å²) in [6, 6.07) is 0.360. The van der Waals surface area contributed by atoms with Crippen LogP contribution >= 0.6 is 0 Å². The number of fused-ring (bicyclic) bond motifs is 1. The fraction of sp³-hybridized carbons (Fsp3) is 0.769. The van der Waals surface area contributed by atoms with Crippen molar-refractivity contribution in [3.05, 3.63) is 18.2 Å². The number of hydrogen-bond acceptors (Lipinski definition) is 3. The molecule has 0 saturated heterocycles. The number of aromatic nitrogens is 2. The Kier molecular flexibility index (Phi) is 3.16. The minimum atomic E-state index is 0.360. The van der Waals surface area contributed by atoms with Crippen molar-refractivity contribution < 1.29 is 0 Å². The zero-order valence-corrected chi connectivity index (χ0v) is 10.4. The maximum atomic E-state index is 6.34. The molecule has 4 nitrogen and oxygen atoms in total. The van der Waals surface area contributed by atoms with E-state index in [4.69, 9.17) is 5.73 Å². The molecule has 1 aromatic rings. The molecule has 0 aromatic carbocycles. The largest absolute Gasteiger partial charge is 0.333 e. The van der Waals surface area contributed by atoms with Crippen LogP contribution in [0, 0.1) is 5.92 Å². The molecule has 1 aromatic heterocycles. The molecule has 17 heavy (non-hydrogen) atoms. The second-order valence-corrected chi connectivity index (χ2v) is 5.48. The topological polar surface area (TPSA) is 47.1 Å². The van der Waals surface area contributed by atoms with Gasteiger partial charge in [0.2, 0.25) is 0 Å². The summed E-state index contributed by atoms with van der Waals surface area (Å²) >= 11 is 0. The van der Waals surface area contributed by atoms with Crippen LogP contribution in [0.5, 0.6) is 0 Å². The zero-order chi connectivity index (χ0) is 11.7. The molecular formula is C13H22N4. The zero-order valence-electron chi connectivity index (χ0n) is 10.4. The van der Waals surface area contributed by atoms with Gasteiger partial charge < -0.3 is 10.3 Å². The van der Waals surface area contributed by atoms with Gasteiger partial charge in [0, 0.05) is 38.1 Å². The van der Waals surface area contributed by atoms with Gasteiger partial charge in [-0.1, -0.05) is 12.8 Å². The van der Waals surface area contributed by atoms with Gasteiger partial charge in [-0.3, -0.25) is 4.90 Å². The summed E-state index contributed by atoms with van der Waals surface area (Å²) in [5.74, 6) is 1.95. The first-order valence-electron chi connectivity index (χ1n) is 6.81. The van der Waals surface area contributed by atoms with E-state index in [-0.39, 0.29) is 0 Å². The van der Waals surface area contributed by atoms with Crippen molar-refractivity contribution in [2.24, 2.45) is 11.7 Å². The van der Waals surface area contributed by atoms with E-state index in [1.165, 1.54) is 31.5 Å². The Morgan fingerprint density at radius 2 is 2.18 bits per heavy atom. The van der Waals surface area contributed by atoms with Crippen molar-refractivity contribution in [1.82, 2.24) is 14.5 Å². The van der Waals surface area contributed by atoms with Crippen molar-refractivity contribution in [3.8, 4) is 0 Å². The van der Waals surface area contributed by atoms with E-state index in [0.717, 1.165) is 32.1 Å². The predicted molar refractivity (Wildman–Crippen MR) is 67.4 cm³/mol. The van der Waals surface area contributed by atoms with E-state index in [9.17, 15) is 0 Å². The molecular weight excluding hydrogens is 212 g/mol. The van der Waals surface area contributed by atoms with Crippen LogP contribution in [-0.2, 0) is 13.1 Å². The van der Waals surface area contributed by atoms with Gasteiger partial charge in [0.1, 0.15) is 5.82 Å². The maximum Gasteiger partial charge on any atom is 0.122 e. The van der Waals surface area contributed by atoms with Crippen molar-refractivity contribution in [2.45, 2.75) is 44.8 Å². The van der Waals surface area contributed by atoms with E-state index in [1.807, 2.05) is 6.20 Å². The molecule has 0 bridgehead atoms. The van der Waals surface area contributed by atoms with Gasteiger partial charge in [0.25, 0.3) is 0 Å². The van der Waals surface area contributed by atoms with E-state index in [1.54, 1.807) is 0 Å². The molecule has 2 N–H and O–H groups in total. The van der Waals surface area contributed by atoms with Gasteiger partial charge in [-0.25, -0.2) is 4.98 Å². The summed E-state index contributed by atoms with van der Waals surface area (Å²) in [6.45, 7) is 4.18. The number of imidazole rings is 1. The van der Waals surface area contributed by atoms with Crippen molar-refractivity contribution in [2.75, 3.05) is 13.1 Å². The molecule has 0 amide bonds. The van der Waals surface area contributed by atoms with Crippen molar-refractivity contribution in [1.29, 1.82) is 0 Å². The summed E-state index contributed by atoms with van der Waals surface area (Å²) in [6.07, 6.45) is 9.40. The Balaban J connectivity index is 1.56. The Labute approximate surface area is 103 Å². The highest BCUT2D eigenvalue weighted by molar-refractivity contribution is 4.96. The smallest absolute Gasteiger partial charge is 0.122 e. The summed E-state index contributed by atoms with van der Waals surface area (Å²) in [5.41, 5.74) is 6.34. The van der Waals surface area contributed by atoms with E-state index >= 15 is 0 Å². The van der Waals surface area contributed by atoms with Crippen LogP contribution in [0.15, 0.2) is 12.4 Å². The first-order chi connectivity index (χ1) is 8.33. The molecule has 1 aliphatic carbocycles. The number of nitrogens with zero attached hydrogens (tertiary/aromatic N) is 3. The number of rotatable bonds is 3. The maximum absolute atomic E-state index is 6.34. The van der Waals surface area contributed by atoms with Crippen LogP contribution in [0.1, 0.15) is 31.5 Å². The molecule has 2 aliphatic rings. The van der Waals surface area contributed by atoms with Crippen LogP contribution in [0.3, 0.4) is 0 Å². The predicted octanol–water partition coefficient (Wildman–Crippen LogP) is 1.22. The summed E-state index contributed by atoms with van der Waals surface area (Å²) in [7, 11) is 0. The van der Waals surface area contributed by atoms with E-state index in [0.29, 0.717) is 6.04 Å². The third kappa shape index (κ3) is 2.38. The number of nitrogens with two attached hydrogens (primary N) is 1. The molecule has 1 unspecified atom stereocenters. The summed E-state index contributed by atoms with van der Waals surface area (Å²) < 4.78 is 2.25. The minimum Gasteiger partial charge on any atom is -0.333 e. The van der Waals surface area contributed by atoms with Crippen molar-refractivity contribution >= 4 is 0 Å². The average molecular weight is 234 g/mol. The monoisotopic (exact) mass is 234 g/mol. The lowest BCUT2D eigenvalue weighted by atomic mass is 9.98. The quantitative estimate of drug-likeness (QED) is 0.855. The molecule has 2 heterocycles. The normalized spacial score (nSPS) is 23.8. The van der Waals surface area contributed by atoms with Gasteiger partial charge in [0.05, 0.1) is 6.54 Å². The molecule has 3 rings (SSSR count).